The fourth-order valence-corrected chi connectivity index (χ4v) is 3.56. The molecule has 6 heteroatoms. The van der Waals surface area contributed by atoms with E-state index in [0.717, 1.165) is 16.9 Å². The van der Waals surface area contributed by atoms with Crippen LogP contribution in [0.1, 0.15) is 27.9 Å². The fourth-order valence-electron chi connectivity index (χ4n) is 2.59. The molecule has 4 nitrogen and oxygen atoms in total. The Bertz CT molecular complexity index is 917. The SMILES string of the molecule is O=C(CCSC(=S)NCc1cccnc1)c1ccc(OCc2ccccc2)cc1. The molecular formula is C23H22N2O2S2. The summed E-state index contributed by atoms with van der Waals surface area (Å²) in [6.07, 6.45) is 3.98. The van der Waals surface area contributed by atoms with E-state index in [0.29, 0.717) is 35.2 Å². The lowest BCUT2D eigenvalue weighted by Crippen LogP contribution is -2.18. The summed E-state index contributed by atoms with van der Waals surface area (Å²) in [5.41, 5.74) is 2.87. The number of benzene rings is 2. The van der Waals surface area contributed by atoms with Crippen LogP contribution < -0.4 is 10.1 Å². The average Bonchev–Trinajstić information content (AvgIpc) is 2.78. The van der Waals surface area contributed by atoms with E-state index in [4.69, 9.17) is 17.0 Å². The smallest absolute Gasteiger partial charge is 0.163 e. The number of ketones is 1. The zero-order chi connectivity index (χ0) is 20.3. The summed E-state index contributed by atoms with van der Waals surface area (Å²) < 4.78 is 6.44. The van der Waals surface area contributed by atoms with E-state index < -0.39 is 0 Å². The van der Waals surface area contributed by atoms with Crippen LogP contribution in [0.2, 0.25) is 0 Å². The standard InChI is InChI=1S/C23H22N2O2S2/c26-22(12-14-29-23(28)25-16-19-7-4-13-24-15-19)20-8-10-21(11-9-20)27-17-18-5-2-1-3-6-18/h1-11,13,15H,12,14,16-17H2,(H,25,28). The summed E-state index contributed by atoms with van der Waals surface area (Å²) in [7, 11) is 0. The summed E-state index contributed by atoms with van der Waals surface area (Å²) in [4.78, 5) is 16.4. The van der Waals surface area contributed by atoms with Crippen LogP contribution >= 0.6 is 24.0 Å². The number of thioether (sulfide) groups is 1. The Morgan fingerprint density at radius 3 is 2.48 bits per heavy atom. The Hall–Kier alpha value is -2.70. The number of thiocarbonyl (C=S) groups is 1. The monoisotopic (exact) mass is 422 g/mol. The van der Waals surface area contributed by atoms with Crippen molar-refractivity contribution in [3.05, 3.63) is 95.8 Å². The highest BCUT2D eigenvalue weighted by Crippen LogP contribution is 2.16. The Kier molecular flexibility index (Phi) is 8.22. The van der Waals surface area contributed by atoms with Crippen molar-refractivity contribution in [3.63, 3.8) is 0 Å². The van der Waals surface area contributed by atoms with Crippen LogP contribution in [0.4, 0.5) is 0 Å². The molecule has 0 amide bonds. The van der Waals surface area contributed by atoms with E-state index in [2.05, 4.69) is 10.3 Å². The molecule has 0 aliphatic rings. The van der Waals surface area contributed by atoms with E-state index in [1.807, 2.05) is 66.7 Å². The van der Waals surface area contributed by atoms with Crippen molar-refractivity contribution in [1.82, 2.24) is 10.3 Å². The van der Waals surface area contributed by atoms with E-state index >= 15 is 0 Å². The van der Waals surface area contributed by atoms with E-state index in [-0.39, 0.29) is 5.78 Å². The van der Waals surface area contributed by atoms with Crippen molar-refractivity contribution >= 4 is 34.1 Å². The minimum absolute atomic E-state index is 0.0992. The molecule has 1 heterocycles. The van der Waals surface area contributed by atoms with Crippen molar-refractivity contribution in [2.75, 3.05) is 5.75 Å². The topological polar surface area (TPSA) is 51.2 Å². The first-order valence-corrected chi connectivity index (χ1v) is 10.7. The number of carbonyl (C=O) groups is 1. The summed E-state index contributed by atoms with van der Waals surface area (Å²) in [6, 6.07) is 21.2. The lowest BCUT2D eigenvalue weighted by molar-refractivity contribution is 0.0989. The number of Topliss-reactive ketones (excluding diaryl/α,β-unsaturated/α-hetero) is 1. The van der Waals surface area contributed by atoms with Gasteiger partial charge in [-0.15, -0.1) is 0 Å². The lowest BCUT2D eigenvalue weighted by atomic mass is 10.1. The van der Waals surface area contributed by atoms with E-state index in [1.165, 1.54) is 11.8 Å². The zero-order valence-electron chi connectivity index (χ0n) is 15.9. The summed E-state index contributed by atoms with van der Waals surface area (Å²) in [5.74, 6) is 1.49. The molecule has 3 aromatic rings. The first-order chi connectivity index (χ1) is 14.2. The Labute approximate surface area is 180 Å². The quantitative estimate of drug-likeness (QED) is 0.385. The van der Waals surface area contributed by atoms with Crippen molar-refractivity contribution in [3.8, 4) is 5.75 Å². The number of ether oxygens (including phenoxy) is 1. The number of nitrogens with one attached hydrogen (secondary N) is 1. The molecule has 2 aromatic carbocycles. The molecule has 3 rings (SSSR count). The Balaban J connectivity index is 1.37. The summed E-state index contributed by atoms with van der Waals surface area (Å²) in [5, 5.41) is 3.17. The highest BCUT2D eigenvalue weighted by Gasteiger charge is 2.07. The van der Waals surface area contributed by atoms with Gasteiger partial charge in [0, 0.05) is 36.7 Å². The van der Waals surface area contributed by atoms with Gasteiger partial charge in [0.25, 0.3) is 0 Å². The molecule has 0 spiro atoms. The van der Waals surface area contributed by atoms with Crippen molar-refractivity contribution in [1.29, 1.82) is 0 Å². The molecule has 0 radical (unpaired) electrons. The van der Waals surface area contributed by atoms with E-state index in [9.17, 15) is 4.79 Å². The van der Waals surface area contributed by atoms with Gasteiger partial charge in [-0.25, -0.2) is 0 Å². The number of rotatable bonds is 9. The van der Waals surface area contributed by atoms with Gasteiger partial charge in [-0.3, -0.25) is 9.78 Å². The molecule has 1 N–H and O–H groups in total. The van der Waals surface area contributed by atoms with E-state index in [1.54, 1.807) is 12.4 Å². The molecule has 0 saturated heterocycles. The van der Waals surface area contributed by atoms with Crippen LogP contribution in [0, 0.1) is 0 Å². The molecule has 0 saturated carbocycles. The van der Waals surface area contributed by atoms with Crippen molar-refractivity contribution in [2.24, 2.45) is 0 Å². The third kappa shape index (κ3) is 7.33. The second-order valence-electron chi connectivity index (χ2n) is 6.32. The van der Waals surface area contributed by atoms with Gasteiger partial charge in [0.05, 0.1) is 0 Å². The number of aromatic nitrogens is 1. The van der Waals surface area contributed by atoms with Crippen LogP contribution in [0.3, 0.4) is 0 Å². The van der Waals surface area contributed by atoms with Gasteiger partial charge in [0.15, 0.2) is 5.78 Å². The molecule has 0 aliphatic heterocycles. The zero-order valence-corrected chi connectivity index (χ0v) is 17.5. The molecular weight excluding hydrogens is 400 g/mol. The lowest BCUT2D eigenvalue weighted by Gasteiger charge is -2.08. The van der Waals surface area contributed by atoms with Crippen LogP contribution in [0.5, 0.6) is 5.75 Å². The van der Waals surface area contributed by atoms with Gasteiger partial charge in [-0.2, -0.15) is 0 Å². The fraction of sp³-hybridized carbons (Fsp3) is 0.174. The maximum absolute atomic E-state index is 12.4. The number of carbonyl (C=O) groups excluding carboxylic acids is 1. The normalized spacial score (nSPS) is 10.3. The molecule has 0 fully saturated rings. The summed E-state index contributed by atoms with van der Waals surface area (Å²) >= 11 is 6.79. The highest BCUT2D eigenvalue weighted by molar-refractivity contribution is 8.22. The number of hydrogen-bond acceptors (Lipinski definition) is 5. The molecule has 0 aliphatic carbocycles. The molecule has 29 heavy (non-hydrogen) atoms. The van der Waals surface area contributed by atoms with Crippen molar-refractivity contribution < 1.29 is 9.53 Å². The number of hydrogen-bond donors (Lipinski definition) is 1. The minimum Gasteiger partial charge on any atom is -0.489 e. The van der Waals surface area contributed by atoms with Crippen LogP contribution in [0.25, 0.3) is 0 Å². The number of nitrogens with zero attached hydrogens (tertiary/aromatic N) is 1. The second kappa shape index (κ2) is 11.3. The van der Waals surface area contributed by atoms with Gasteiger partial charge in [-0.1, -0.05) is 60.4 Å². The van der Waals surface area contributed by atoms with Gasteiger partial charge in [0.2, 0.25) is 0 Å². The number of pyridine rings is 1. The second-order valence-corrected chi connectivity index (χ2v) is 8.09. The van der Waals surface area contributed by atoms with Gasteiger partial charge < -0.3 is 10.1 Å². The first-order valence-electron chi connectivity index (χ1n) is 9.30. The molecule has 148 valence electrons. The molecule has 0 unspecified atom stereocenters. The van der Waals surface area contributed by atoms with Crippen molar-refractivity contribution in [2.45, 2.75) is 19.6 Å². The highest BCUT2D eigenvalue weighted by atomic mass is 32.2. The first kappa shape index (κ1) is 21.0. The minimum atomic E-state index is 0.0992. The van der Waals surface area contributed by atoms with Crippen LogP contribution in [0.15, 0.2) is 79.1 Å². The third-order valence-electron chi connectivity index (χ3n) is 4.15. The average molecular weight is 423 g/mol. The maximum atomic E-state index is 12.4. The largest absolute Gasteiger partial charge is 0.489 e. The van der Waals surface area contributed by atoms with Gasteiger partial charge in [0.1, 0.15) is 16.7 Å². The molecule has 1 aromatic heterocycles. The predicted molar refractivity (Wildman–Crippen MR) is 122 cm³/mol. The molecule has 0 bridgehead atoms. The maximum Gasteiger partial charge on any atom is 0.163 e. The molecule has 0 atom stereocenters. The van der Waals surface area contributed by atoms with Gasteiger partial charge >= 0.3 is 0 Å². The van der Waals surface area contributed by atoms with Crippen LogP contribution in [-0.4, -0.2) is 20.8 Å². The third-order valence-corrected chi connectivity index (χ3v) is 5.46. The summed E-state index contributed by atoms with van der Waals surface area (Å²) in [6.45, 7) is 1.15. The Morgan fingerprint density at radius 2 is 1.76 bits per heavy atom. The predicted octanol–water partition coefficient (Wildman–Crippen LogP) is 5.04. The van der Waals surface area contributed by atoms with Gasteiger partial charge in [-0.05, 0) is 41.5 Å². The Morgan fingerprint density at radius 1 is 1.00 bits per heavy atom. The van der Waals surface area contributed by atoms with Crippen LogP contribution in [-0.2, 0) is 13.2 Å².